The number of ether oxygens (including phenoxy) is 5. The second kappa shape index (κ2) is 9.99. The normalized spacial score (nSPS) is 24.7. The lowest BCUT2D eigenvalue weighted by Crippen LogP contribution is -2.61. The summed E-state index contributed by atoms with van der Waals surface area (Å²) in [6.07, 6.45) is -7.88. The molecule has 1 fully saturated rings. The molecule has 1 aliphatic heterocycles. The highest BCUT2D eigenvalue weighted by Gasteiger charge is 2.52. The molecule has 0 spiro atoms. The molecule has 1 aromatic heterocycles. The van der Waals surface area contributed by atoms with E-state index < -0.39 is 60.9 Å². The van der Waals surface area contributed by atoms with E-state index in [1.54, 1.807) is 19.1 Å². The van der Waals surface area contributed by atoms with Crippen molar-refractivity contribution in [1.29, 1.82) is 0 Å². The van der Waals surface area contributed by atoms with Crippen LogP contribution in [-0.4, -0.2) is 55.3 Å². The molecule has 0 N–H and O–H groups in total. The number of hydrogen-bond donors (Lipinski definition) is 0. The lowest BCUT2D eigenvalue weighted by molar-refractivity contribution is -0.275. The number of hydrogen-bond acceptors (Lipinski definition) is 10. The summed E-state index contributed by atoms with van der Waals surface area (Å²) in [6, 6.07) is 5.95. The third kappa shape index (κ3) is 5.86. The van der Waals surface area contributed by atoms with E-state index in [0.717, 1.165) is 20.8 Å². The fourth-order valence-corrected chi connectivity index (χ4v) is 3.45. The fraction of sp³-hybridized carbons (Fsp3) is 0.455. The lowest BCUT2D eigenvalue weighted by Gasteiger charge is -2.41. The first kappa shape index (κ1) is 24.2. The Labute approximate surface area is 187 Å². The standard InChI is InChI=1S/C22H23FO10/c1-10-7-18(27)32-16-8-14(5-6-15(10)16)31-22-21(30-13(4)26)20(29-12(3)25)19(23)17(33-22)9-28-11(2)24/h5-8,17,19-22H,9H2,1-4H3/t17-,19+,20+,21-,22-/m1/s1. The maximum absolute atomic E-state index is 15.1. The molecule has 1 aliphatic rings. The Kier molecular flexibility index (Phi) is 7.32. The number of benzene rings is 1. The van der Waals surface area contributed by atoms with Crippen LogP contribution in [0.3, 0.4) is 0 Å². The number of esters is 3. The molecule has 33 heavy (non-hydrogen) atoms. The molecule has 0 amide bonds. The Morgan fingerprint density at radius 2 is 1.67 bits per heavy atom. The second-order valence-corrected chi connectivity index (χ2v) is 7.46. The van der Waals surface area contributed by atoms with Crippen molar-refractivity contribution in [3.8, 4) is 5.75 Å². The highest BCUT2D eigenvalue weighted by atomic mass is 19.1. The van der Waals surface area contributed by atoms with Gasteiger partial charge >= 0.3 is 23.5 Å². The molecular weight excluding hydrogens is 443 g/mol. The average Bonchev–Trinajstić information content (AvgIpc) is 2.70. The van der Waals surface area contributed by atoms with Gasteiger partial charge in [0.05, 0.1) is 0 Å². The van der Waals surface area contributed by atoms with Crippen LogP contribution in [-0.2, 0) is 33.3 Å². The molecule has 1 saturated heterocycles. The van der Waals surface area contributed by atoms with Gasteiger partial charge in [-0.15, -0.1) is 0 Å². The summed E-state index contributed by atoms with van der Waals surface area (Å²) in [6.45, 7) is 4.55. The van der Waals surface area contributed by atoms with Crippen molar-refractivity contribution in [1.82, 2.24) is 0 Å². The van der Waals surface area contributed by atoms with E-state index in [9.17, 15) is 19.2 Å². The average molecular weight is 466 g/mol. The van der Waals surface area contributed by atoms with Crippen molar-refractivity contribution >= 4 is 28.9 Å². The van der Waals surface area contributed by atoms with Crippen molar-refractivity contribution < 1.29 is 46.9 Å². The summed E-state index contributed by atoms with van der Waals surface area (Å²) in [5.74, 6) is -2.15. The first-order valence-corrected chi connectivity index (χ1v) is 10.0. The summed E-state index contributed by atoms with van der Waals surface area (Å²) in [5, 5.41) is 0.664. The number of carbonyl (C=O) groups excluding carboxylic acids is 3. The van der Waals surface area contributed by atoms with Crippen LogP contribution in [0, 0.1) is 6.92 Å². The number of aryl methyl sites for hydroxylation is 1. The van der Waals surface area contributed by atoms with Gasteiger partial charge in [0.2, 0.25) is 12.4 Å². The highest BCUT2D eigenvalue weighted by molar-refractivity contribution is 5.81. The van der Waals surface area contributed by atoms with Crippen molar-refractivity contribution in [2.24, 2.45) is 0 Å². The summed E-state index contributed by atoms with van der Waals surface area (Å²) < 4.78 is 46.8. The van der Waals surface area contributed by atoms with Crippen LogP contribution in [0.25, 0.3) is 11.0 Å². The van der Waals surface area contributed by atoms with E-state index in [1.165, 1.54) is 12.1 Å². The fourth-order valence-electron chi connectivity index (χ4n) is 3.45. The molecule has 0 saturated carbocycles. The van der Waals surface area contributed by atoms with Crippen LogP contribution in [0.5, 0.6) is 5.75 Å². The maximum Gasteiger partial charge on any atom is 0.336 e. The minimum Gasteiger partial charge on any atom is -0.463 e. The van der Waals surface area contributed by atoms with Gasteiger partial charge in [-0.25, -0.2) is 9.18 Å². The molecular formula is C22H23FO10. The van der Waals surface area contributed by atoms with E-state index in [1.807, 2.05) is 0 Å². The quantitative estimate of drug-likeness (QED) is 0.354. The molecule has 0 bridgehead atoms. The van der Waals surface area contributed by atoms with Crippen LogP contribution in [0.1, 0.15) is 26.3 Å². The summed E-state index contributed by atoms with van der Waals surface area (Å²) in [7, 11) is 0. The molecule has 3 rings (SSSR count). The van der Waals surface area contributed by atoms with E-state index >= 15 is 4.39 Å². The molecule has 11 heteroatoms. The van der Waals surface area contributed by atoms with E-state index in [2.05, 4.69) is 0 Å². The molecule has 1 aromatic carbocycles. The van der Waals surface area contributed by atoms with Gasteiger partial charge in [-0.1, -0.05) is 0 Å². The molecule has 5 atom stereocenters. The summed E-state index contributed by atoms with van der Waals surface area (Å²) in [5.41, 5.74) is 0.366. The SMILES string of the molecule is CC(=O)OC[C@H]1O[C@@H](Oc2ccc3c(C)cc(=O)oc3c2)[C@H](OC(C)=O)[C@@H](OC(C)=O)[C@H]1F. The largest absolute Gasteiger partial charge is 0.463 e. The van der Waals surface area contributed by atoms with Gasteiger partial charge in [0.25, 0.3) is 0 Å². The first-order valence-electron chi connectivity index (χ1n) is 10.0. The molecule has 10 nitrogen and oxygen atoms in total. The zero-order chi connectivity index (χ0) is 24.3. The summed E-state index contributed by atoms with van der Waals surface area (Å²) in [4.78, 5) is 46.2. The van der Waals surface area contributed by atoms with Crippen LogP contribution in [0.15, 0.2) is 33.5 Å². The zero-order valence-electron chi connectivity index (χ0n) is 18.4. The number of halogens is 1. The summed E-state index contributed by atoms with van der Waals surface area (Å²) >= 11 is 0. The van der Waals surface area contributed by atoms with Crippen molar-refractivity contribution in [2.45, 2.75) is 58.5 Å². The molecule has 0 unspecified atom stereocenters. The number of fused-ring (bicyclic) bond motifs is 1. The Bertz CT molecular complexity index is 1110. The van der Waals surface area contributed by atoms with Crippen molar-refractivity contribution in [2.75, 3.05) is 6.61 Å². The first-order chi connectivity index (χ1) is 15.5. The van der Waals surface area contributed by atoms with Crippen molar-refractivity contribution in [3.63, 3.8) is 0 Å². The van der Waals surface area contributed by atoms with E-state index in [-0.39, 0.29) is 11.3 Å². The van der Waals surface area contributed by atoms with Gasteiger partial charge < -0.3 is 28.1 Å². The smallest absolute Gasteiger partial charge is 0.336 e. The minimum atomic E-state index is -1.99. The molecule has 0 radical (unpaired) electrons. The topological polar surface area (TPSA) is 128 Å². The third-order valence-electron chi connectivity index (χ3n) is 4.80. The van der Waals surface area contributed by atoms with Gasteiger partial charge in [0, 0.05) is 38.3 Å². The number of rotatable bonds is 6. The minimum absolute atomic E-state index is 0.142. The third-order valence-corrected chi connectivity index (χ3v) is 4.80. The highest BCUT2D eigenvalue weighted by Crippen LogP contribution is 2.31. The van der Waals surface area contributed by atoms with E-state index in [4.69, 9.17) is 28.1 Å². The van der Waals surface area contributed by atoms with Crippen molar-refractivity contribution in [3.05, 3.63) is 40.2 Å². The Balaban J connectivity index is 1.96. The molecule has 2 heterocycles. The second-order valence-electron chi connectivity index (χ2n) is 7.46. The predicted molar refractivity (Wildman–Crippen MR) is 109 cm³/mol. The lowest BCUT2D eigenvalue weighted by atomic mass is 9.99. The zero-order valence-corrected chi connectivity index (χ0v) is 18.4. The Hall–Kier alpha value is -3.47. The monoisotopic (exact) mass is 466 g/mol. The maximum atomic E-state index is 15.1. The predicted octanol–water partition coefficient (Wildman–Crippen LogP) is 1.97. The van der Waals surface area contributed by atoms with Gasteiger partial charge in [0.1, 0.15) is 24.0 Å². The van der Waals surface area contributed by atoms with Gasteiger partial charge in [0.15, 0.2) is 12.3 Å². The van der Waals surface area contributed by atoms with Gasteiger partial charge in [-0.05, 0) is 24.6 Å². The molecule has 178 valence electrons. The number of alkyl halides is 1. The Morgan fingerprint density at radius 1 is 1.00 bits per heavy atom. The van der Waals surface area contributed by atoms with Crippen LogP contribution in [0.4, 0.5) is 4.39 Å². The van der Waals surface area contributed by atoms with Crippen LogP contribution in [0.2, 0.25) is 0 Å². The number of carbonyl (C=O) groups is 3. The Morgan fingerprint density at radius 3 is 2.30 bits per heavy atom. The molecule has 2 aromatic rings. The van der Waals surface area contributed by atoms with Crippen LogP contribution < -0.4 is 10.4 Å². The molecule has 0 aliphatic carbocycles. The van der Waals surface area contributed by atoms with E-state index in [0.29, 0.717) is 10.9 Å². The van der Waals surface area contributed by atoms with Gasteiger partial charge in [-0.3, -0.25) is 14.4 Å². The van der Waals surface area contributed by atoms with Gasteiger partial charge in [-0.2, -0.15) is 0 Å². The van der Waals surface area contributed by atoms with Crippen LogP contribution >= 0.6 is 0 Å².